The first-order chi connectivity index (χ1) is 4.64. The van der Waals surface area contributed by atoms with Crippen LogP contribution < -0.4 is 5.73 Å². The quantitative estimate of drug-likeness (QED) is 0.586. The summed E-state index contributed by atoms with van der Waals surface area (Å²) < 4.78 is 0. The average Bonchev–Trinajstić information content (AvgIpc) is 1.86. The summed E-state index contributed by atoms with van der Waals surface area (Å²) in [6.45, 7) is 5.12. The molecule has 1 nitrogen and oxygen atoms in total. The lowest BCUT2D eigenvalue weighted by Crippen LogP contribution is -2.13. The number of hydrogen-bond acceptors (Lipinski definition) is 1. The van der Waals surface area contributed by atoms with E-state index in [1.54, 1.807) is 0 Å². The second-order valence-electron chi connectivity index (χ2n) is 3.52. The minimum atomic E-state index is 0.323. The van der Waals surface area contributed by atoms with Crippen LogP contribution in [0.25, 0.3) is 0 Å². The zero-order valence-electron chi connectivity index (χ0n) is 6.72. The first kappa shape index (κ1) is 7.55. The van der Waals surface area contributed by atoms with Gasteiger partial charge in [0.25, 0.3) is 0 Å². The van der Waals surface area contributed by atoms with Crippen molar-refractivity contribution >= 4 is 0 Å². The molecular formula is C9H15N. The van der Waals surface area contributed by atoms with Gasteiger partial charge in [0.05, 0.1) is 0 Å². The van der Waals surface area contributed by atoms with Crippen molar-refractivity contribution in [2.75, 3.05) is 6.54 Å². The van der Waals surface area contributed by atoms with Gasteiger partial charge in [0.1, 0.15) is 0 Å². The van der Waals surface area contributed by atoms with E-state index in [1.807, 2.05) is 0 Å². The molecule has 0 aromatic carbocycles. The molecule has 1 rings (SSSR count). The van der Waals surface area contributed by atoms with Gasteiger partial charge < -0.3 is 5.73 Å². The van der Waals surface area contributed by atoms with Gasteiger partial charge in [-0.1, -0.05) is 32.1 Å². The molecular weight excluding hydrogens is 122 g/mol. The van der Waals surface area contributed by atoms with Crippen molar-refractivity contribution in [3.05, 3.63) is 23.8 Å². The maximum absolute atomic E-state index is 5.50. The number of allylic oxidation sites excluding steroid dienone is 2. The summed E-state index contributed by atoms with van der Waals surface area (Å²) in [4.78, 5) is 0. The Kier molecular flexibility index (Phi) is 1.95. The predicted molar refractivity (Wildman–Crippen MR) is 44.7 cm³/mol. The summed E-state index contributed by atoms with van der Waals surface area (Å²) in [7, 11) is 0. The van der Waals surface area contributed by atoms with Crippen LogP contribution in [0.2, 0.25) is 0 Å². The molecule has 0 saturated heterocycles. The minimum absolute atomic E-state index is 0.323. The Hall–Kier alpha value is -0.560. The van der Waals surface area contributed by atoms with Crippen molar-refractivity contribution in [3.8, 4) is 0 Å². The second-order valence-corrected chi connectivity index (χ2v) is 3.52. The molecule has 0 saturated carbocycles. The zero-order valence-corrected chi connectivity index (χ0v) is 6.72. The van der Waals surface area contributed by atoms with E-state index in [0.29, 0.717) is 12.0 Å². The molecule has 0 aliphatic heterocycles. The van der Waals surface area contributed by atoms with E-state index in [0.717, 1.165) is 6.42 Å². The van der Waals surface area contributed by atoms with Gasteiger partial charge in [0.2, 0.25) is 0 Å². The van der Waals surface area contributed by atoms with Crippen LogP contribution in [0.1, 0.15) is 20.3 Å². The zero-order chi connectivity index (χ0) is 7.61. The smallest absolute Gasteiger partial charge is 0.0175 e. The lowest BCUT2D eigenvalue weighted by atomic mass is 9.83. The first-order valence-corrected chi connectivity index (χ1v) is 3.72. The fourth-order valence-electron chi connectivity index (χ4n) is 1.25. The summed E-state index contributed by atoms with van der Waals surface area (Å²) in [5, 5.41) is 0. The maximum Gasteiger partial charge on any atom is 0.0175 e. The number of nitrogens with two attached hydrogens (primary N) is 1. The van der Waals surface area contributed by atoms with Gasteiger partial charge in [0, 0.05) is 6.54 Å². The van der Waals surface area contributed by atoms with E-state index < -0.39 is 0 Å². The van der Waals surface area contributed by atoms with Crippen molar-refractivity contribution in [2.24, 2.45) is 11.1 Å². The molecule has 0 fully saturated rings. The topological polar surface area (TPSA) is 26.0 Å². The lowest BCUT2D eigenvalue weighted by Gasteiger charge is -2.22. The molecule has 2 N–H and O–H groups in total. The molecule has 1 heteroatoms. The summed E-state index contributed by atoms with van der Waals surface area (Å²) in [6, 6.07) is 0. The molecule has 0 aromatic heterocycles. The molecule has 1 aliphatic rings. The summed E-state index contributed by atoms with van der Waals surface area (Å²) in [5.41, 5.74) is 7.09. The standard InChI is InChI=1S/C9H15N/c1-9(2)5-3-4-8(6-9)7-10/h3-4,6H,5,7,10H2,1-2H3. The Morgan fingerprint density at radius 2 is 2.30 bits per heavy atom. The summed E-state index contributed by atoms with van der Waals surface area (Å²) >= 11 is 0. The normalized spacial score (nSPS) is 22.5. The van der Waals surface area contributed by atoms with Crippen molar-refractivity contribution in [3.63, 3.8) is 0 Å². The first-order valence-electron chi connectivity index (χ1n) is 3.72. The van der Waals surface area contributed by atoms with Crippen LogP contribution >= 0.6 is 0 Å². The van der Waals surface area contributed by atoms with Crippen LogP contribution in [0, 0.1) is 5.41 Å². The summed E-state index contributed by atoms with van der Waals surface area (Å²) in [5.74, 6) is 0. The SMILES string of the molecule is CC1(C)C=C(CN)C=CC1. The fourth-order valence-corrected chi connectivity index (χ4v) is 1.25. The third kappa shape index (κ3) is 1.71. The third-order valence-corrected chi connectivity index (χ3v) is 1.79. The average molecular weight is 137 g/mol. The molecule has 0 atom stereocenters. The molecule has 0 amide bonds. The maximum atomic E-state index is 5.50. The predicted octanol–water partition coefficient (Wildman–Crippen LogP) is 1.86. The van der Waals surface area contributed by atoms with Gasteiger partial charge in [-0.05, 0) is 17.4 Å². The van der Waals surface area contributed by atoms with E-state index in [9.17, 15) is 0 Å². The van der Waals surface area contributed by atoms with E-state index >= 15 is 0 Å². The van der Waals surface area contributed by atoms with Crippen molar-refractivity contribution < 1.29 is 0 Å². The Morgan fingerprint density at radius 3 is 2.70 bits per heavy atom. The van der Waals surface area contributed by atoms with Crippen LogP contribution in [0.5, 0.6) is 0 Å². The molecule has 0 aromatic rings. The molecule has 0 spiro atoms. The highest BCUT2D eigenvalue weighted by molar-refractivity contribution is 5.26. The third-order valence-electron chi connectivity index (χ3n) is 1.79. The van der Waals surface area contributed by atoms with Crippen molar-refractivity contribution in [1.82, 2.24) is 0 Å². The number of hydrogen-bond donors (Lipinski definition) is 1. The van der Waals surface area contributed by atoms with Gasteiger partial charge in [0.15, 0.2) is 0 Å². The highest BCUT2D eigenvalue weighted by atomic mass is 14.5. The summed E-state index contributed by atoms with van der Waals surface area (Å²) in [6.07, 6.45) is 7.71. The monoisotopic (exact) mass is 137 g/mol. The van der Waals surface area contributed by atoms with Gasteiger partial charge in [-0.15, -0.1) is 0 Å². The Bertz CT molecular complexity index is 175. The van der Waals surface area contributed by atoms with E-state index in [-0.39, 0.29) is 0 Å². The molecule has 56 valence electrons. The van der Waals surface area contributed by atoms with Gasteiger partial charge >= 0.3 is 0 Å². The van der Waals surface area contributed by atoms with Gasteiger partial charge in [-0.25, -0.2) is 0 Å². The van der Waals surface area contributed by atoms with Crippen LogP contribution in [-0.4, -0.2) is 6.54 Å². The van der Waals surface area contributed by atoms with Crippen LogP contribution in [-0.2, 0) is 0 Å². The molecule has 0 bridgehead atoms. The molecule has 10 heavy (non-hydrogen) atoms. The second kappa shape index (κ2) is 2.59. The van der Waals surface area contributed by atoms with Crippen LogP contribution in [0.15, 0.2) is 23.8 Å². The number of rotatable bonds is 1. The highest BCUT2D eigenvalue weighted by Gasteiger charge is 2.15. The largest absolute Gasteiger partial charge is 0.327 e. The van der Waals surface area contributed by atoms with Crippen LogP contribution in [0.3, 0.4) is 0 Å². The molecule has 0 radical (unpaired) electrons. The van der Waals surface area contributed by atoms with Crippen molar-refractivity contribution in [1.29, 1.82) is 0 Å². The Labute approximate surface area is 62.6 Å². The Morgan fingerprint density at radius 1 is 1.60 bits per heavy atom. The van der Waals surface area contributed by atoms with Gasteiger partial charge in [-0.3, -0.25) is 0 Å². The molecule has 0 unspecified atom stereocenters. The van der Waals surface area contributed by atoms with E-state index in [4.69, 9.17) is 5.73 Å². The van der Waals surface area contributed by atoms with E-state index in [1.165, 1.54) is 5.57 Å². The van der Waals surface area contributed by atoms with E-state index in [2.05, 4.69) is 32.1 Å². The fraction of sp³-hybridized carbons (Fsp3) is 0.556. The van der Waals surface area contributed by atoms with Crippen molar-refractivity contribution in [2.45, 2.75) is 20.3 Å². The Balaban J connectivity index is 2.75. The molecule has 1 aliphatic carbocycles. The highest BCUT2D eigenvalue weighted by Crippen LogP contribution is 2.28. The minimum Gasteiger partial charge on any atom is -0.327 e. The van der Waals surface area contributed by atoms with Crippen LogP contribution in [0.4, 0.5) is 0 Å². The lowest BCUT2D eigenvalue weighted by molar-refractivity contribution is 0.480. The van der Waals surface area contributed by atoms with Gasteiger partial charge in [-0.2, -0.15) is 0 Å². The molecule has 0 heterocycles.